The number of imidazole rings is 1. The predicted molar refractivity (Wildman–Crippen MR) is 135 cm³/mol. The average molecular weight is 506 g/mol. The van der Waals surface area contributed by atoms with Gasteiger partial charge in [0.2, 0.25) is 0 Å². The Labute approximate surface area is 209 Å². The van der Waals surface area contributed by atoms with E-state index in [2.05, 4.69) is 35.7 Å². The molecule has 1 aliphatic rings. The number of aliphatic hydroxyl groups is 1. The zero-order valence-corrected chi connectivity index (χ0v) is 20.3. The largest absolute Gasteiger partial charge is 0.385 e. The van der Waals surface area contributed by atoms with E-state index in [1.165, 1.54) is 33.9 Å². The van der Waals surface area contributed by atoms with Crippen molar-refractivity contribution in [1.82, 2.24) is 29.1 Å². The Bertz CT molecular complexity index is 1570. The van der Waals surface area contributed by atoms with Crippen molar-refractivity contribution in [3.05, 3.63) is 64.7 Å². The second-order valence-electron chi connectivity index (χ2n) is 9.11. The number of aliphatic imine (C=N–C) groups is 1. The molecule has 12 nitrogen and oxygen atoms in total. The number of fused-ring (bicyclic) bond motifs is 1. The van der Waals surface area contributed by atoms with Crippen molar-refractivity contribution in [2.45, 2.75) is 32.0 Å². The number of nitrogens with zero attached hydrogens (tertiary/aromatic N) is 7. The number of hydrogen-bond acceptors (Lipinski definition) is 9. The van der Waals surface area contributed by atoms with Gasteiger partial charge in [-0.3, -0.25) is 19.1 Å². The first-order valence-electron chi connectivity index (χ1n) is 11.5. The fourth-order valence-electron chi connectivity index (χ4n) is 3.59. The van der Waals surface area contributed by atoms with Gasteiger partial charge in [-0.05, 0) is 32.4 Å². The fraction of sp³-hybridized carbons (Fsp3) is 0.292. The Morgan fingerprint density at radius 3 is 2.68 bits per heavy atom. The van der Waals surface area contributed by atoms with Crippen LogP contribution >= 0.6 is 0 Å². The number of hydrogen-bond donors (Lipinski definition) is 3. The van der Waals surface area contributed by atoms with Crippen LogP contribution in [0.3, 0.4) is 0 Å². The molecule has 0 saturated heterocycles. The lowest BCUT2D eigenvalue weighted by molar-refractivity contribution is 0.0734. The third-order valence-electron chi connectivity index (χ3n) is 5.82. The zero-order valence-electron chi connectivity index (χ0n) is 20.3. The van der Waals surface area contributed by atoms with Crippen LogP contribution in [0.1, 0.15) is 36.5 Å². The van der Waals surface area contributed by atoms with Gasteiger partial charge in [0, 0.05) is 31.4 Å². The minimum absolute atomic E-state index is 0.0927. The van der Waals surface area contributed by atoms with Gasteiger partial charge < -0.3 is 15.7 Å². The minimum Gasteiger partial charge on any atom is -0.385 e. The first kappa shape index (κ1) is 24.2. The molecule has 0 aromatic carbocycles. The van der Waals surface area contributed by atoms with Crippen molar-refractivity contribution in [2.75, 3.05) is 17.7 Å². The molecule has 1 saturated carbocycles. The molecule has 0 radical (unpaired) electrons. The topological polar surface area (TPSA) is 152 Å². The van der Waals surface area contributed by atoms with E-state index in [9.17, 15) is 19.1 Å². The molecule has 0 aliphatic heterocycles. The molecular formula is C24H24FN9O3. The van der Waals surface area contributed by atoms with Crippen molar-refractivity contribution in [1.29, 1.82) is 0 Å². The van der Waals surface area contributed by atoms with Gasteiger partial charge in [-0.2, -0.15) is 0 Å². The molecule has 0 bridgehead atoms. The molecule has 3 N–H and O–H groups in total. The molecule has 1 amide bonds. The number of anilines is 3. The number of carbonyl (C=O) groups is 1. The lowest BCUT2D eigenvalue weighted by Crippen LogP contribution is -2.23. The molecule has 1 aliphatic carbocycles. The maximum absolute atomic E-state index is 13.2. The molecule has 190 valence electrons. The summed E-state index contributed by atoms with van der Waals surface area (Å²) in [5, 5.41) is 20.5. The second-order valence-corrected chi connectivity index (χ2v) is 9.11. The summed E-state index contributed by atoms with van der Waals surface area (Å²) in [7, 11) is 1.69. The molecular weight excluding hydrogens is 481 g/mol. The highest BCUT2D eigenvalue weighted by Crippen LogP contribution is 2.31. The smallest absolute Gasteiger partial charge is 0.296 e. The number of nitrogens with one attached hydrogen (secondary N) is 2. The third kappa shape index (κ3) is 4.80. The van der Waals surface area contributed by atoms with Gasteiger partial charge in [0.1, 0.15) is 17.5 Å². The normalized spacial score (nSPS) is 17.3. The first-order chi connectivity index (χ1) is 17.7. The van der Waals surface area contributed by atoms with Crippen molar-refractivity contribution < 1.29 is 14.3 Å². The van der Waals surface area contributed by atoms with Crippen LogP contribution in [0, 0.1) is 5.92 Å². The third-order valence-corrected chi connectivity index (χ3v) is 5.82. The van der Waals surface area contributed by atoms with Gasteiger partial charge in [-0.1, -0.05) is 0 Å². The van der Waals surface area contributed by atoms with E-state index < -0.39 is 23.2 Å². The number of pyridine rings is 1. The van der Waals surface area contributed by atoms with E-state index in [0.717, 1.165) is 0 Å². The summed E-state index contributed by atoms with van der Waals surface area (Å²) < 4.78 is 15.7. The van der Waals surface area contributed by atoms with Crippen LogP contribution in [-0.2, 0) is 5.60 Å². The van der Waals surface area contributed by atoms with Crippen LogP contribution in [0.5, 0.6) is 0 Å². The summed E-state index contributed by atoms with van der Waals surface area (Å²) in [5.41, 5.74) is 0.00472. The number of alkyl halides is 1. The molecule has 1 unspecified atom stereocenters. The zero-order chi connectivity index (χ0) is 26.3. The van der Waals surface area contributed by atoms with Crippen LogP contribution < -0.4 is 16.2 Å². The first-order valence-corrected chi connectivity index (χ1v) is 11.5. The van der Waals surface area contributed by atoms with Crippen LogP contribution in [0.2, 0.25) is 0 Å². The molecule has 13 heteroatoms. The van der Waals surface area contributed by atoms with E-state index in [-0.39, 0.29) is 28.9 Å². The number of aromatic nitrogens is 6. The summed E-state index contributed by atoms with van der Waals surface area (Å²) in [4.78, 5) is 42.4. The predicted octanol–water partition coefficient (Wildman–Crippen LogP) is 2.25. The van der Waals surface area contributed by atoms with Crippen LogP contribution in [0.15, 0.2) is 52.8 Å². The van der Waals surface area contributed by atoms with Crippen molar-refractivity contribution in [3.8, 4) is 5.82 Å². The van der Waals surface area contributed by atoms with E-state index in [1.807, 2.05) is 0 Å². The minimum atomic E-state index is -1.17. The van der Waals surface area contributed by atoms with Gasteiger partial charge in [0.25, 0.3) is 11.5 Å². The summed E-state index contributed by atoms with van der Waals surface area (Å²) in [5.74, 6) is -0.407. The van der Waals surface area contributed by atoms with E-state index in [1.54, 1.807) is 45.3 Å². The summed E-state index contributed by atoms with van der Waals surface area (Å²) in [6.45, 7) is 3.18. The summed E-state index contributed by atoms with van der Waals surface area (Å²) in [6.07, 6.45) is 6.43. The second kappa shape index (κ2) is 9.17. The molecule has 37 heavy (non-hydrogen) atoms. The van der Waals surface area contributed by atoms with Gasteiger partial charge in [0.15, 0.2) is 23.0 Å². The lowest BCUT2D eigenvalue weighted by atomic mass is 10.1. The Morgan fingerprint density at radius 2 is 2.03 bits per heavy atom. The maximum Gasteiger partial charge on any atom is 0.296 e. The Balaban J connectivity index is 1.47. The van der Waals surface area contributed by atoms with Gasteiger partial charge in [-0.25, -0.2) is 23.9 Å². The Kier molecular flexibility index (Phi) is 5.99. The van der Waals surface area contributed by atoms with E-state index in [4.69, 9.17) is 0 Å². The van der Waals surface area contributed by atoms with Gasteiger partial charge in [0.05, 0.1) is 30.0 Å². The van der Waals surface area contributed by atoms with E-state index in [0.29, 0.717) is 23.4 Å². The SMILES string of the molecule is CNc1cc(Nc2cccn(-c3cnc(C(C)(C)O)cn3)c2=O)nn2c(C(=O)N=CC3C[C@@H]3F)cnc12. The fourth-order valence-corrected chi connectivity index (χ4v) is 3.59. The Morgan fingerprint density at radius 1 is 1.24 bits per heavy atom. The van der Waals surface area contributed by atoms with Crippen molar-refractivity contribution in [2.24, 2.45) is 10.9 Å². The van der Waals surface area contributed by atoms with E-state index >= 15 is 0 Å². The molecule has 5 rings (SSSR count). The van der Waals surface area contributed by atoms with Crippen molar-refractivity contribution >= 4 is 35.0 Å². The summed E-state index contributed by atoms with van der Waals surface area (Å²) in [6, 6.07) is 4.88. The highest BCUT2D eigenvalue weighted by molar-refractivity contribution is 5.99. The molecule has 4 aromatic heterocycles. The Hall–Kier alpha value is -4.52. The van der Waals surface area contributed by atoms with Gasteiger partial charge in [-0.15, -0.1) is 5.10 Å². The number of rotatable bonds is 7. The van der Waals surface area contributed by atoms with Crippen molar-refractivity contribution in [3.63, 3.8) is 0 Å². The molecule has 0 spiro atoms. The standard InChI is InChI=1S/C24H24FN9O3/c1-24(2,37)18-11-28-20(12-27-18)33-6-4-5-15(23(33)36)31-19-8-16(26-3)21-29-10-17(34(21)32-19)22(35)30-9-13-7-14(13)25/h4-6,8-14,26,37H,7H2,1-3H3,(H,31,32)/t13?,14-/m0/s1. The van der Waals surface area contributed by atoms with Crippen LogP contribution in [-0.4, -0.2) is 59.6 Å². The average Bonchev–Trinajstić information content (AvgIpc) is 3.41. The number of carbonyl (C=O) groups excluding carboxylic acids is 1. The maximum atomic E-state index is 13.2. The van der Waals surface area contributed by atoms with Crippen LogP contribution in [0.4, 0.5) is 21.6 Å². The van der Waals surface area contributed by atoms with Crippen LogP contribution in [0.25, 0.3) is 11.5 Å². The molecule has 1 fully saturated rings. The highest BCUT2D eigenvalue weighted by atomic mass is 19.1. The number of amides is 1. The molecule has 4 aromatic rings. The molecule has 4 heterocycles. The van der Waals surface area contributed by atoms with Gasteiger partial charge >= 0.3 is 0 Å². The molecule has 2 atom stereocenters. The summed E-state index contributed by atoms with van der Waals surface area (Å²) >= 11 is 0. The quantitative estimate of drug-likeness (QED) is 0.321. The number of halogens is 1. The monoisotopic (exact) mass is 505 g/mol. The highest BCUT2D eigenvalue weighted by Gasteiger charge is 2.36. The lowest BCUT2D eigenvalue weighted by Gasteiger charge is -2.16.